The van der Waals surface area contributed by atoms with Crippen LogP contribution in [0, 0.1) is 11.7 Å². The van der Waals surface area contributed by atoms with E-state index in [-0.39, 0.29) is 5.82 Å². The van der Waals surface area contributed by atoms with Gasteiger partial charge in [0.1, 0.15) is 5.82 Å². The summed E-state index contributed by atoms with van der Waals surface area (Å²) in [6.45, 7) is 1.62. The van der Waals surface area contributed by atoms with E-state index in [9.17, 15) is 9.18 Å². The standard InChI is InChI=1S/C11H13FO2S/c1-7(11(13)14)6-8-4-3-5-9(12)10(8)15-2/h3-5,7H,6H2,1-2H3,(H,13,14). The van der Waals surface area contributed by atoms with Crippen LogP contribution in [0.1, 0.15) is 12.5 Å². The normalized spacial score (nSPS) is 12.5. The first-order valence-electron chi connectivity index (χ1n) is 4.60. The van der Waals surface area contributed by atoms with E-state index in [1.165, 1.54) is 17.8 Å². The Balaban J connectivity index is 2.94. The number of halogens is 1. The molecule has 2 nitrogen and oxygen atoms in total. The van der Waals surface area contributed by atoms with Gasteiger partial charge < -0.3 is 5.11 Å². The molecule has 0 spiro atoms. The lowest BCUT2D eigenvalue weighted by molar-refractivity contribution is -0.141. The maximum Gasteiger partial charge on any atom is 0.306 e. The molecule has 1 unspecified atom stereocenters. The molecular formula is C11H13FO2S. The number of hydrogen-bond donors (Lipinski definition) is 1. The van der Waals surface area contributed by atoms with Gasteiger partial charge in [-0.15, -0.1) is 11.8 Å². The molecule has 0 aromatic heterocycles. The molecule has 82 valence electrons. The lowest BCUT2D eigenvalue weighted by Gasteiger charge is -2.10. The van der Waals surface area contributed by atoms with Crippen molar-refractivity contribution in [3.05, 3.63) is 29.6 Å². The molecular weight excluding hydrogens is 215 g/mol. The zero-order chi connectivity index (χ0) is 11.4. The molecule has 4 heteroatoms. The molecule has 0 fully saturated rings. The molecule has 1 N–H and O–H groups in total. The zero-order valence-electron chi connectivity index (χ0n) is 8.66. The maximum atomic E-state index is 13.3. The summed E-state index contributed by atoms with van der Waals surface area (Å²) in [7, 11) is 0. The molecule has 0 saturated heterocycles. The van der Waals surface area contributed by atoms with Gasteiger partial charge in [0, 0.05) is 4.90 Å². The predicted molar refractivity (Wildman–Crippen MR) is 58.7 cm³/mol. The summed E-state index contributed by atoms with van der Waals surface area (Å²) in [6.07, 6.45) is 2.15. The van der Waals surface area contributed by atoms with E-state index in [2.05, 4.69) is 0 Å². The van der Waals surface area contributed by atoms with E-state index >= 15 is 0 Å². The van der Waals surface area contributed by atoms with Crippen molar-refractivity contribution in [2.75, 3.05) is 6.26 Å². The molecule has 1 aromatic rings. The molecule has 1 rings (SSSR count). The Morgan fingerprint density at radius 3 is 2.80 bits per heavy atom. The first-order valence-corrected chi connectivity index (χ1v) is 5.83. The maximum absolute atomic E-state index is 13.3. The predicted octanol–water partition coefficient (Wildman–Crippen LogP) is 2.81. The summed E-state index contributed by atoms with van der Waals surface area (Å²) in [5.74, 6) is -1.62. The average molecular weight is 228 g/mol. The first kappa shape index (κ1) is 12.0. The van der Waals surface area contributed by atoms with Gasteiger partial charge >= 0.3 is 5.97 Å². The molecule has 0 saturated carbocycles. The lowest BCUT2D eigenvalue weighted by atomic mass is 10.0. The fourth-order valence-corrected chi connectivity index (χ4v) is 2.04. The summed E-state index contributed by atoms with van der Waals surface area (Å²) >= 11 is 1.31. The number of carboxylic acid groups (broad SMARTS) is 1. The summed E-state index contributed by atoms with van der Waals surface area (Å²) in [4.78, 5) is 11.2. The first-order chi connectivity index (χ1) is 7.06. The van der Waals surface area contributed by atoms with Gasteiger partial charge in [0.2, 0.25) is 0 Å². The highest BCUT2D eigenvalue weighted by molar-refractivity contribution is 7.98. The zero-order valence-corrected chi connectivity index (χ0v) is 9.47. The fraction of sp³-hybridized carbons (Fsp3) is 0.364. The lowest BCUT2D eigenvalue weighted by Crippen LogP contribution is -2.13. The van der Waals surface area contributed by atoms with E-state index in [0.29, 0.717) is 11.3 Å². The Morgan fingerprint density at radius 1 is 1.60 bits per heavy atom. The number of rotatable bonds is 4. The van der Waals surface area contributed by atoms with Gasteiger partial charge in [-0.3, -0.25) is 4.79 Å². The van der Waals surface area contributed by atoms with Crippen molar-refractivity contribution < 1.29 is 14.3 Å². The van der Waals surface area contributed by atoms with Crippen LogP contribution in [-0.4, -0.2) is 17.3 Å². The highest BCUT2D eigenvalue weighted by Gasteiger charge is 2.15. The molecule has 1 aromatic carbocycles. The third kappa shape index (κ3) is 2.96. The van der Waals surface area contributed by atoms with Crippen LogP contribution < -0.4 is 0 Å². The monoisotopic (exact) mass is 228 g/mol. The number of carbonyl (C=O) groups is 1. The number of benzene rings is 1. The smallest absolute Gasteiger partial charge is 0.306 e. The minimum atomic E-state index is -0.855. The van der Waals surface area contributed by atoms with Gasteiger partial charge in [-0.1, -0.05) is 19.1 Å². The van der Waals surface area contributed by atoms with Gasteiger partial charge in [0.15, 0.2) is 0 Å². The van der Waals surface area contributed by atoms with Crippen molar-refractivity contribution in [2.45, 2.75) is 18.2 Å². The van der Waals surface area contributed by atoms with E-state index in [4.69, 9.17) is 5.11 Å². The van der Waals surface area contributed by atoms with Gasteiger partial charge in [-0.25, -0.2) is 4.39 Å². The van der Waals surface area contributed by atoms with Crippen LogP contribution in [0.3, 0.4) is 0 Å². The largest absolute Gasteiger partial charge is 0.481 e. The minimum Gasteiger partial charge on any atom is -0.481 e. The number of aliphatic carboxylic acids is 1. The Morgan fingerprint density at radius 2 is 2.27 bits per heavy atom. The molecule has 0 bridgehead atoms. The van der Waals surface area contributed by atoms with E-state index in [1.54, 1.807) is 25.3 Å². The van der Waals surface area contributed by atoms with Gasteiger partial charge in [-0.05, 0) is 24.3 Å². The van der Waals surface area contributed by atoms with E-state index in [1.807, 2.05) is 0 Å². The number of carboxylic acids is 1. The average Bonchev–Trinajstić information content (AvgIpc) is 2.18. The third-order valence-electron chi connectivity index (χ3n) is 2.20. The van der Waals surface area contributed by atoms with Crippen molar-refractivity contribution >= 4 is 17.7 Å². The molecule has 1 atom stereocenters. The summed E-state index contributed by atoms with van der Waals surface area (Å²) in [5.41, 5.74) is 0.761. The Labute approximate surface area is 92.5 Å². The van der Waals surface area contributed by atoms with Crippen molar-refractivity contribution in [1.29, 1.82) is 0 Å². The second kappa shape index (κ2) is 5.16. The summed E-state index contributed by atoms with van der Waals surface area (Å²) < 4.78 is 13.3. The SMILES string of the molecule is CSc1c(F)cccc1CC(C)C(=O)O. The minimum absolute atomic E-state index is 0.280. The second-order valence-electron chi connectivity index (χ2n) is 3.38. The second-order valence-corrected chi connectivity index (χ2v) is 4.19. The third-order valence-corrected chi connectivity index (χ3v) is 3.07. The Kier molecular flexibility index (Phi) is 4.15. The molecule has 0 radical (unpaired) electrons. The molecule has 0 aliphatic carbocycles. The van der Waals surface area contributed by atoms with Crippen molar-refractivity contribution in [3.63, 3.8) is 0 Å². The van der Waals surface area contributed by atoms with E-state index in [0.717, 1.165) is 5.56 Å². The van der Waals surface area contributed by atoms with E-state index < -0.39 is 11.9 Å². The highest BCUT2D eigenvalue weighted by atomic mass is 32.2. The molecule has 0 amide bonds. The summed E-state index contributed by atoms with van der Waals surface area (Å²) in [5, 5.41) is 8.78. The molecule has 0 aliphatic rings. The molecule has 15 heavy (non-hydrogen) atoms. The Hall–Kier alpha value is -1.03. The summed E-state index contributed by atoms with van der Waals surface area (Å²) in [6, 6.07) is 4.77. The van der Waals surface area contributed by atoms with Crippen LogP contribution in [-0.2, 0) is 11.2 Å². The number of hydrogen-bond acceptors (Lipinski definition) is 2. The van der Waals surface area contributed by atoms with Gasteiger partial charge in [0.05, 0.1) is 5.92 Å². The molecule has 0 aliphatic heterocycles. The van der Waals surface area contributed by atoms with Gasteiger partial charge in [-0.2, -0.15) is 0 Å². The van der Waals surface area contributed by atoms with Crippen LogP contribution in [0.15, 0.2) is 23.1 Å². The topological polar surface area (TPSA) is 37.3 Å². The van der Waals surface area contributed by atoms with Gasteiger partial charge in [0.25, 0.3) is 0 Å². The Bertz CT molecular complexity index is 366. The fourth-order valence-electron chi connectivity index (χ4n) is 1.36. The van der Waals surface area contributed by atoms with Crippen LogP contribution in [0.2, 0.25) is 0 Å². The van der Waals surface area contributed by atoms with Crippen molar-refractivity contribution in [2.24, 2.45) is 5.92 Å². The number of thioether (sulfide) groups is 1. The van der Waals surface area contributed by atoms with Crippen molar-refractivity contribution in [1.82, 2.24) is 0 Å². The van der Waals surface area contributed by atoms with Crippen molar-refractivity contribution in [3.8, 4) is 0 Å². The quantitative estimate of drug-likeness (QED) is 0.805. The van der Waals surface area contributed by atoms with Crippen LogP contribution in [0.4, 0.5) is 4.39 Å². The molecule has 0 heterocycles. The van der Waals surface area contributed by atoms with Crippen LogP contribution in [0.25, 0.3) is 0 Å². The van der Waals surface area contributed by atoms with Crippen LogP contribution in [0.5, 0.6) is 0 Å². The highest BCUT2D eigenvalue weighted by Crippen LogP contribution is 2.25. The van der Waals surface area contributed by atoms with Crippen LogP contribution >= 0.6 is 11.8 Å².